The molecular weight excluding hydrogens is 553 g/mol. The largest absolute Gasteiger partial charge is 0.497 e. The number of rotatable bonds is 13. The van der Waals surface area contributed by atoms with Crippen LogP contribution in [0.4, 0.5) is 4.39 Å². The molecule has 3 aromatic rings. The quantitative estimate of drug-likeness (QED) is 0.307. The Bertz CT molecular complexity index is 1370. The topological polar surface area (TPSA) is 117 Å². The molecule has 0 spiro atoms. The number of ether oxygens (including phenoxy) is 1. The molecule has 1 amide bonds. The van der Waals surface area contributed by atoms with Crippen LogP contribution in [0.1, 0.15) is 43.3 Å². The lowest BCUT2D eigenvalue weighted by Crippen LogP contribution is -2.36. The van der Waals surface area contributed by atoms with Gasteiger partial charge < -0.3 is 14.7 Å². The van der Waals surface area contributed by atoms with Crippen molar-refractivity contribution >= 4 is 44.4 Å². The minimum absolute atomic E-state index is 0.0304. The molecule has 0 fully saturated rings. The summed E-state index contributed by atoms with van der Waals surface area (Å²) in [5.41, 5.74) is -0.151. The summed E-state index contributed by atoms with van der Waals surface area (Å²) in [6, 6.07) is 7.78. The third kappa shape index (κ3) is 7.44. The molecule has 0 aliphatic carbocycles. The summed E-state index contributed by atoms with van der Waals surface area (Å²) in [5, 5.41) is 13.1. The molecule has 0 saturated carbocycles. The average Bonchev–Trinajstić information content (AvgIpc) is 3.51. The Balaban J connectivity index is 1.82. The lowest BCUT2D eigenvalue weighted by molar-refractivity contribution is -0.141. The maximum atomic E-state index is 14.6. The number of aromatic nitrogens is 1. The number of aliphatic hydroxyl groups is 1. The van der Waals surface area contributed by atoms with Crippen LogP contribution in [0, 0.1) is 12.7 Å². The fraction of sp³-hybridized carbons (Fsp3) is 0.400. The smallest absolute Gasteiger partial charge is 0.256 e. The monoisotopic (exact) mass is 583 g/mol. The predicted octanol–water partition coefficient (Wildman–Crippen LogP) is 3.43. The summed E-state index contributed by atoms with van der Waals surface area (Å²) >= 11 is 2.76. The predicted molar refractivity (Wildman–Crippen MR) is 145 cm³/mol. The molecule has 2 heterocycles. The Morgan fingerprint density at radius 3 is 2.58 bits per heavy atom. The number of thiazole rings is 1. The van der Waals surface area contributed by atoms with Gasteiger partial charge >= 0.3 is 0 Å². The number of ketones is 1. The first-order valence-electron chi connectivity index (χ1n) is 11.6. The van der Waals surface area contributed by atoms with Crippen molar-refractivity contribution in [1.82, 2.24) is 14.2 Å². The van der Waals surface area contributed by atoms with E-state index in [0.29, 0.717) is 22.7 Å². The van der Waals surface area contributed by atoms with Gasteiger partial charge in [0.2, 0.25) is 10.0 Å². The first-order valence-corrected chi connectivity index (χ1v) is 15.0. The number of Topliss-reactive ketones (excluding diaryl/α,β-unsaturated/α-hetero) is 1. The summed E-state index contributed by atoms with van der Waals surface area (Å²) in [5.74, 6) is -2.59. The normalized spacial score (nSPS) is 12.5. The maximum absolute atomic E-state index is 14.6. The van der Waals surface area contributed by atoms with E-state index < -0.39 is 39.4 Å². The van der Waals surface area contributed by atoms with Gasteiger partial charge in [0.25, 0.3) is 5.91 Å². The fourth-order valence-corrected chi connectivity index (χ4v) is 6.08. The Morgan fingerprint density at radius 1 is 1.24 bits per heavy atom. The highest BCUT2D eigenvalue weighted by molar-refractivity contribution is 7.89. The molecule has 1 atom stereocenters. The first kappa shape index (κ1) is 29.8. The van der Waals surface area contributed by atoms with Crippen LogP contribution in [0.2, 0.25) is 0 Å². The second kappa shape index (κ2) is 12.9. The number of thiophene rings is 1. The molecule has 0 aliphatic heterocycles. The summed E-state index contributed by atoms with van der Waals surface area (Å²) in [4.78, 5) is 33.4. The number of amides is 1. The van der Waals surface area contributed by atoms with E-state index in [-0.39, 0.29) is 30.1 Å². The highest BCUT2D eigenvalue weighted by Crippen LogP contribution is 2.26. The molecule has 13 heteroatoms. The molecule has 3 rings (SSSR count). The molecule has 9 nitrogen and oxygen atoms in total. The summed E-state index contributed by atoms with van der Waals surface area (Å²) < 4.78 is 44.9. The van der Waals surface area contributed by atoms with E-state index in [1.54, 1.807) is 18.3 Å². The van der Waals surface area contributed by atoms with Crippen molar-refractivity contribution in [3.63, 3.8) is 0 Å². The van der Waals surface area contributed by atoms with Crippen LogP contribution < -0.4 is 4.74 Å². The van der Waals surface area contributed by atoms with Gasteiger partial charge in [0.05, 0.1) is 13.7 Å². The van der Waals surface area contributed by atoms with E-state index in [4.69, 9.17) is 4.74 Å². The van der Waals surface area contributed by atoms with Crippen LogP contribution >= 0.6 is 22.7 Å². The molecular formula is C25H30FN3O6S3. The highest BCUT2D eigenvalue weighted by Gasteiger charge is 2.29. The lowest BCUT2D eigenvalue weighted by atomic mass is 10.1. The molecule has 38 heavy (non-hydrogen) atoms. The number of methoxy groups -OCH3 is 1. The Hall–Kier alpha value is -2.71. The zero-order valence-electron chi connectivity index (χ0n) is 21.5. The fourth-order valence-electron chi connectivity index (χ4n) is 3.63. The van der Waals surface area contributed by atoms with Gasteiger partial charge in [-0.15, -0.1) is 22.7 Å². The Labute approximate surface area is 229 Å². The second-order valence-corrected chi connectivity index (χ2v) is 13.2. The number of sulfonamides is 1. The van der Waals surface area contributed by atoms with Crippen LogP contribution in [-0.4, -0.2) is 72.9 Å². The van der Waals surface area contributed by atoms with Crippen LogP contribution in [0.5, 0.6) is 5.75 Å². The van der Waals surface area contributed by atoms with E-state index in [1.165, 1.54) is 49.6 Å². The van der Waals surface area contributed by atoms with Crippen molar-refractivity contribution in [1.29, 1.82) is 0 Å². The lowest BCUT2D eigenvalue weighted by Gasteiger charge is -2.25. The van der Waals surface area contributed by atoms with Gasteiger partial charge in [-0.3, -0.25) is 9.59 Å². The molecule has 0 bridgehead atoms. The first-order chi connectivity index (χ1) is 17.9. The van der Waals surface area contributed by atoms with Crippen molar-refractivity contribution in [3.8, 4) is 5.75 Å². The molecule has 206 valence electrons. The third-order valence-corrected chi connectivity index (χ3v) is 9.41. The zero-order valence-corrected chi connectivity index (χ0v) is 24.0. The van der Waals surface area contributed by atoms with Crippen LogP contribution in [-0.2, 0) is 27.8 Å². The van der Waals surface area contributed by atoms with Crippen LogP contribution in [0.25, 0.3) is 0 Å². The molecule has 0 unspecified atom stereocenters. The van der Waals surface area contributed by atoms with E-state index in [9.17, 15) is 27.5 Å². The molecule has 0 aliphatic rings. The molecule has 0 radical (unpaired) electrons. The van der Waals surface area contributed by atoms with Gasteiger partial charge in [-0.2, -0.15) is 0 Å². The maximum Gasteiger partial charge on any atom is 0.256 e. The van der Waals surface area contributed by atoms with Crippen LogP contribution in [0.15, 0.2) is 35.7 Å². The number of hydrogen-bond donors (Lipinski definition) is 1. The van der Waals surface area contributed by atoms with Crippen molar-refractivity contribution < 1.29 is 32.2 Å². The van der Waals surface area contributed by atoms with Crippen molar-refractivity contribution in [3.05, 3.63) is 67.5 Å². The summed E-state index contributed by atoms with van der Waals surface area (Å²) in [6.07, 6.45) is -0.464. The molecule has 1 aromatic carbocycles. The minimum Gasteiger partial charge on any atom is -0.497 e. The number of aryl methyl sites for hydroxylation is 2. The number of nitrogens with zero attached hydrogens (tertiary/aromatic N) is 3. The number of aliphatic hydroxyl groups excluding tert-OH is 1. The standard InChI is InChI=1S/C25H30FN3O6S3/c1-16-23(21(30)15-38(33,34)28(2)3)27-22(37-16)14-29(11-5-7-18-8-6-12-36-18)25(32)24(31)19-10-9-17(35-4)13-20(19)26/h6,8-10,12-13,24,31H,5,7,11,14-15H2,1-4H3/t24-/m1/s1. The van der Waals surface area contributed by atoms with Gasteiger partial charge in [0.1, 0.15) is 28.0 Å². The Morgan fingerprint density at radius 2 is 1.97 bits per heavy atom. The second-order valence-electron chi connectivity index (χ2n) is 8.71. The summed E-state index contributed by atoms with van der Waals surface area (Å²) in [7, 11) is 0.310. The van der Waals surface area contributed by atoms with Gasteiger partial charge in [-0.1, -0.05) is 6.07 Å². The number of hydrogen-bond acceptors (Lipinski definition) is 9. The number of carbonyl (C=O) groups excluding carboxylic acids is 2. The van der Waals surface area contributed by atoms with E-state index in [2.05, 4.69) is 4.98 Å². The Kier molecular flexibility index (Phi) is 10.1. The zero-order chi connectivity index (χ0) is 28.0. The minimum atomic E-state index is -3.77. The molecule has 0 saturated heterocycles. The highest BCUT2D eigenvalue weighted by atomic mass is 32.2. The van der Waals surface area contributed by atoms with Gasteiger partial charge in [0.15, 0.2) is 11.9 Å². The van der Waals surface area contributed by atoms with Crippen LogP contribution in [0.3, 0.4) is 0 Å². The van der Waals surface area contributed by atoms with Gasteiger partial charge in [0, 0.05) is 42.0 Å². The number of halogens is 1. The number of carbonyl (C=O) groups is 2. The van der Waals surface area contributed by atoms with E-state index >= 15 is 0 Å². The van der Waals surface area contributed by atoms with Gasteiger partial charge in [-0.05, 0) is 43.3 Å². The molecule has 1 N–H and O–H groups in total. The van der Waals surface area contributed by atoms with Crippen molar-refractivity contribution in [2.75, 3.05) is 33.5 Å². The number of benzene rings is 1. The van der Waals surface area contributed by atoms with E-state index in [1.807, 2.05) is 17.5 Å². The SMILES string of the molecule is COc1ccc([C@@H](O)C(=O)N(CCCc2cccs2)Cc2nc(C(=O)CS(=O)(=O)N(C)C)c(C)s2)c(F)c1. The third-order valence-electron chi connectivity index (χ3n) is 5.78. The van der Waals surface area contributed by atoms with Crippen molar-refractivity contribution in [2.24, 2.45) is 0 Å². The molecule has 2 aromatic heterocycles. The van der Waals surface area contributed by atoms with Gasteiger partial charge in [-0.25, -0.2) is 22.1 Å². The van der Waals surface area contributed by atoms with E-state index in [0.717, 1.165) is 15.2 Å². The average molecular weight is 584 g/mol. The summed E-state index contributed by atoms with van der Waals surface area (Å²) in [6.45, 7) is 1.88. The van der Waals surface area contributed by atoms with Crippen molar-refractivity contribution in [2.45, 2.75) is 32.4 Å².